The Labute approximate surface area is 301 Å². The lowest BCUT2D eigenvalue weighted by Crippen LogP contribution is -2.63. The molecule has 0 fully saturated rings. The molecule has 1 rings (SSSR count). The van der Waals surface area contributed by atoms with Crippen molar-refractivity contribution >= 4 is 11.9 Å². The number of nitrogens with one attached hydrogen (secondary N) is 2. The molecule has 286 valence electrons. The number of nitrogens with zero attached hydrogens (tertiary/aromatic N) is 2. The van der Waals surface area contributed by atoms with E-state index in [1.54, 1.807) is 6.20 Å². The summed E-state index contributed by atoms with van der Waals surface area (Å²) in [4.78, 5) is 33.0. The molecule has 1 aromatic rings. The Morgan fingerprint density at radius 2 is 1.35 bits per heavy atom. The molecule has 0 aliphatic carbocycles. The number of nitrogens with two attached hydrogens (primary N) is 1. The first kappa shape index (κ1) is 45.1. The minimum absolute atomic E-state index is 0.136. The van der Waals surface area contributed by atoms with E-state index < -0.39 is 27.1 Å². The Morgan fingerprint density at radius 1 is 0.796 bits per heavy atom. The van der Waals surface area contributed by atoms with Gasteiger partial charge in [-0.1, -0.05) is 95.4 Å². The molecule has 0 saturated carbocycles. The number of rotatable bonds is 25. The van der Waals surface area contributed by atoms with E-state index in [9.17, 15) is 9.59 Å². The van der Waals surface area contributed by atoms with Gasteiger partial charge in [0.2, 0.25) is 0 Å². The first-order valence-electron chi connectivity index (χ1n) is 19.1. The zero-order valence-corrected chi connectivity index (χ0v) is 34.0. The average Bonchev–Trinajstić information content (AvgIpc) is 3.54. The van der Waals surface area contributed by atoms with Crippen molar-refractivity contribution in [2.75, 3.05) is 45.9 Å². The highest BCUT2D eigenvalue weighted by Crippen LogP contribution is 2.66. The van der Waals surface area contributed by atoms with Gasteiger partial charge in [-0.3, -0.25) is 9.59 Å². The van der Waals surface area contributed by atoms with Gasteiger partial charge in [0, 0.05) is 32.0 Å². The summed E-state index contributed by atoms with van der Waals surface area (Å²) in [5, 5.41) is 6.75. The van der Waals surface area contributed by atoms with Crippen LogP contribution in [-0.2, 0) is 25.6 Å². The Hall–Kier alpha value is -1.97. The first-order chi connectivity index (χ1) is 22.7. The predicted octanol–water partition coefficient (Wildman–Crippen LogP) is 7.63. The van der Waals surface area contributed by atoms with E-state index in [1.807, 2.05) is 12.5 Å². The van der Waals surface area contributed by atoms with Crippen LogP contribution >= 0.6 is 0 Å². The maximum absolute atomic E-state index is 14.5. The van der Waals surface area contributed by atoms with E-state index in [0.717, 1.165) is 64.8 Å². The Kier molecular flexibility index (Phi) is 18.0. The van der Waals surface area contributed by atoms with Gasteiger partial charge in [0.05, 0.1) is 30.4 Å². The maximum atomic E-state index is 14.5. The van der Waals surface area contributed by atoms with E-state index in [4.69, 9.17) is 15.2 Å². The zero-order valence-electron chi connectivity index (χ0n) is 34.0. The van der Waals surface area contributed by atoms with Crippen LogP contribution < -0.4 is 16.4 Å². The molecule has 1 heterocycles. The first-order valence-corrected chi connectivity index (χ1v) is 19.1. The number of carbonyl (C=O) groups excluding carboxylic acids is 2. The van der Waals surface area contributed by atoms with Gasteiger partial charge in [-0.2, -0.15) is 0 Å². The van der Waals surface area contributed by atoms with E-state index in [0.29, 0.717) is 38.5 Å². The minimum Gasteiger partial charge on any atom is -0.465 e. The van der Waals surface area contributed by atoms with Crippen LogP contribution in [0.4, 0.5) is 0 Å². The second-order valence-corrected chi connectivity index (χ2v) is 17.6. The van der Waals surface area contributed by atoms with Crippen LogP contribution in [0.1, 0.15) is 135 Å². The van der Waals surface area contributed by atoms with Gasteiger partial charge in [-0.25, -0.2) is 4.98 Å². The van der Waals surface area contributed by atoms with Crippen molar-refractivity contribution in [1.29, 1.82) is 0 Å². The number of hydrogen-bond donors (Lipinski definition) is 3. The number of aryl methyl sites for hydroxylation is 1. The number of imidazole rings is 1. The van der Waals surface area contributed by atoms with Crippen LogP contribution in [0.25, 0.3) is 0 Å². The van der Waals surface area contributed by atoms with Crippen molar-refractivity contribution in [3.63, 3.8) is 0 Å². The smallest absolute Gasteiger partial charge is 0.312 e. The molecule has 0 bridgehead atoms. The van der Waals surface area contributed by atoms with Crippen molar-refractivity contribution in [3.05, 3.63) is 18.7 Å². The molecule has 0 radical (unpaired) electrons. The third-order valence-corrected chi connectivity index (χ3v) is 12.8. The topological polar surface area (TPSA) is 120 Å². The average molecular weight is 692 g/mol. The lowest BCUT2D eigenvalue weighted by Gasteiger charge is -2.62. The molecule has 3 unspecified atom stereocenters. The molecular weight excluding hydrogens is 614 g/mol. The summed E-state index contributed by atoms with van der Waals surface area (Å²) in [6.45, 7) is 33.6. The molecule has 0 aliphatic rings. The molecule has 9 heteroatoms. The standard InChI is InChI=1S/C40H77N5O4/c1-14-15-19-32(2)36(6,7)30-39(12,33(46)48-28-18-23-43-24-20-41)37(8,9)38(10,11)40(13,35(3,4)5)34(47)49-29-17-22-42-21-16-26-45-27-25-44-31-45/h25,27,31-32,42-43H,14-24,26,28-30,41H2,1-13H3. The van der Waals surface area contributed by atoms with Crippen LogP contribution in [0.15, 0.2) is 18.7 Å². The van der Waals surface area contributed by atoms with Crippen LogP contribution in [0.5, 0.6) is 0 Å². The fourth-order valence-corrected chi connectivity index (χ4v) is 7.53. The summed E-state index contributed by atoms with van der Waals surface area (Å²) in [7, 11) is 0. The molecule has 49 heavy (non-hydrogen) atoms. The van der Waals surface area contributed by atoms with E-state index in [-0.39, 0.29) is 17.4 Å². The normalized spacial score (nSPS) is 16.1. The summed E-state index contributed by atoms with van der Waals surface area (Å²) in [5.74, 6) is 0.0109. The summed E-state index contributed by atoms with van der Waals surface area (Å²) in [6.07, 6.45) is 12.1. The number of aromatic nitrogens is 2. The molecule has 0 spiro atoms. The summed E-state index contributed by atoms with van der Waals surface area (Å²) < 4.78 is 14.3. The number of ether oxygens (including phenoxy) is 2. The number of esters is 2. The maximum Gasteiger partial charge on any atom is 0.312 e. The quantitative estimate of drug-likeness (QED) is 0.0707. The summed E-state index contributed by atoms with van der Waals surface area (Å²) >= 11 is 0. The highest BCUT2D eigenvalue weighted by molar-refractivity contribution is 5.81. The largest absolute Gasteiger partial charge is 0.465 e. The molecular formula is C40H77N5O4. The van der Waals surface area contributed by atoms with E-state index >= 15 is 0 Å². The third-order valence-electron chi connectivity index (χ3n) is 12.8. The van der Waals surface area contributed by atoms with Gasteiger partial charge in [0.15, 0.2) is 0 Å². The van der Waals surface area contributed by atoms with Gasteiger partial charge in [0.1, 0.15) is 0 Å². The number of hydrogen-bond acceptors (Lipinski definition) is 8. The molecule has 9 nitrogen and oxygen atoms in total. The lowest BCUT2D eigenvalue weighted by molar-refractivity contribution is -0.209. The van der Waals surface area contributed by atoms with E-state index in [1.165, 1.54) is 0 Å². The van der Waals surface area contributed by atoms with Crippen molar-refractivity contribution in [3.8, 4) is 0 Å². The number of carbonyl (C=O) groups is 2. The van der Waals surface area contributed by atoms with Crippen LogP contribution in [-0.4, -0.2) is 67.4 Å². The monoisotopic (exact) mass is 692 g/mol. The Bertz CT molecular complexity index is 1090. The van der Waals surface area contributed by atoms with E-state index in [2.05, 4.69) is 110 Å². The minimum atomic E-state index is -0.923. The van der Waals surface area contributed by atoms with Crippen LogP contribution in [0, 0.1) is 38.4 Å². The summed E-state index contributed by atoms with van der Waals surface area (Å²) in [6, 6.07) is 0. The lowest BCUT2D eigenvalue weighted by atomic mass is 9.40. The molecule has 0 amide bonds. The zero-order chi connectivity index (χ0) is 37.6. The van der Waals surface area contributed by atoms with Crippen molar-refractivity contribution in [1.82, 2.24) is 20.2 Å². The number of unbranched alkanes of at least 4 members (excludes halogenated alkanes) is 1. The molecule has 0 aromatic carbocycles. The fourth-order valence-electron chi connectivity index (χ4n) is 7.53. The van der Waals surface area contributed by atoms with Crippen molar-refractivity contribution < 1.29 is 19.1 Å². The second kappa shape index (κ2) is 19.6. The highest BCUT2D eigenvalue weighted by atomic mass is 16.5. The van der Waals surface area contributed by atoms with Gasteiger partial charge < -0.3 is 30.4 Å². The van der Waals surface area contributed by atoms with Crippen molar-refractivity contribution in [2.45, 2.75) is 141 Å². The van der Waals surface area contributed by atoms with Crippen molar-refractivity contribution in [2.24, 2.45) is 44.1 Å². The summed E-state index contributed by atoms with van der Waals surface area (Å²) in [5.41, 5.74) is 1.86. The third kappa shape index (κ3) is 11.5. The van der Waals surface area contributed by atoms with Gasteiger partial charge in [0.25, 0.3) is 0 Å². The molecule has 4 N–H and O–H groups in total. The van der Waals surface area contributed by atoms with Gasteiger partial charge in [-0.05, 0) is 86.7 Å². The predicted molar refractivity (Wildman–Crippen MR) is 203 cm³/mol. The highest BCUT2D eigenvalue weighted by Gasteiger charge is 2.67. The Morgan fingerprint density at radius 3 is 1.86 bits per heavy atom. The second-order valence-electron chi connectivity index (χ2n) is 17.6. The molecule has 0 saturated heterocycles. The molecule has 1 aromatic heterocycles. The molecule has 0 aliphatic heterocycles. The SMILES string of the molecule is CCCCC(C)C(C)(C)CC(C)(C(=O)OCCCNCCN)C(C)(C)C(C)(C)C(C)(C(=O)OCCCNCCCn1ccnc1)C(C)(C)C. The van der Waals surface area contributed by atoms with Gasteiger partial charge in [-0.15, -0.1) is 0 Å². The van der Waals surface area contributed by atoms with Crippen LogP contribution in [0.3, 0.4) is 0 Å². The Balaban J connectivity index is 3.28. The fraction of sp³-hybridized carbons (Fsp3) is 0.875. The van der Waals surface area contributed by atoms with Gasteiger partial charge >= 0.3 is 11.9 Å². The molecule has 3 atom stereocenters. The van der Waals surface area contributed by atoms with Crippen LogP contribution in [0.2, 0.25) is 0 Å².